The molecule has 9 aromatic carbocycles. The van der Waals surface area contributed by atoms with E-state index in [1.54, 1.807) is 125 Å². The maximum atomic E-state index is 12.5. The van der Waals surface area contributed by atoms with Gasteiger partial charge in [0.25, 0.3) is 35.4 Å². The summed E-state index contributed by atoms with van der Waals surface area (Å²) in [6, 6.07) is 63.5. The molecular weight excluding hydrogens is 1770 g/mol. The Morgan fingerprint density at radius 3 is 1.40 bits per heavy atom. The van der Waals surface area contributed by atoms with Gasteiger partial charge < -0.3 is 38.2 Å². The van der Waals surface area contributed by atoms with Crippen LogP contribution in [0.1, 0.15) is 135 Å². The summed E-state index contributed by atoms with van der Waals surface area (Å²) in [4.78, 5) is 102. The predicted octanol–water partition coefficient (Wildman–Crippen LogP) is 16.3. The molecule has 15 aromatic rings. The van der Waals surface area contributed by atoms with E-state index < -0.39 is 29.5 Å². The average Bonchev–Trinajstić information content (AvgIpc) is 1.51. The quantitative estimate of drug-likeness (QED) is 0.0317. The van der Waals surface area contributed by atoms with E-state index in [9.17, 15) is 28.8 Å². The summed E-state index contributed by atoms with van der Waals surface area (Å²) < 4.78 is 16.5. The molecule has 21 rings (SSSR count). The maximum Gasteiger partial charge on any atom is 0.274 e. The molecule has 0 spiro atoms. The number of hydrogen-bond acceptors (Lipinski definition) is 25. The number of nitrogens with one attached hydrogen (secondary N) is 5. The first kappa shape index (κ1) is 90.1. The minimum atomic E-state index is -0.551. The highest BCUT2D eigenvalue weighted by Gasteiger charge is 2.30. The molecule has 0 aliphatic carbocycles. The molecule has 0 fully saturated rings. The highest BCUT2D eigenvalue weighted by molar-refractivity contribution is 7.23. The number of imidazole rings is 1. The van der Waals surface area contributed by atoms with Crippen LogP contribution >= 0.6 is 56.9 Å². The summed E-state index contributed by atoms with van der Waals surface area (Å²) in [5.74, 6) is 0.0907. The third kappa shape index (κ3) is 20.7. The minimum absolute atomic E-state index is 0.0353. The predicted molar refractivity (Wildman–Crippen MR) is 506 cm³/mol. The van der Waals surface area contributed by atoms with Crippen LogP contribution in [-0.4, -0.2) is 140 Å². The molecule has 34 heteroatoms. The topological polar surface area (TPSA) is 360 Å². The van der Waals surface area contributed by atoms with Crippen molar-refractivity contribution in [2.24, 2.45) is 7.05 Å². The van der Waals surface area contributed by atoms with Gasteiger partial charge in [-0.3, -0.25) is 59.7 Å². The van der Waals surface area contributed by atoms with Crippen LogP contribution in [0.4, 0.5) is 15.4 Å². The number of aryl methyl sites for hydroxylation is 2. The van der Waals surface area contributed by atoms with Crippen molar-refractivity contribution in [3.05, 3.63) is 346 Å². The lowest BCUT2D eigenvalue weighted by atomic mass is 9.97. The molecule has 6 aliphatic heterocycles. The van der Waals surface area contributed by atoms with Crippen LogP contribution < -0.4 is 51.6 Å². The van der Waals surface area contributed by atoms with Crippen molar-refractivity contribution in [1.29, 1.82) is 0 Å². The van der Waals surface area contributed by atoms with Crippen LogP contribution in [-0.2, 0) is 85.1 Å². The lowest BCUT2D eigenvalue weighted by Gasteiger charge is -2.29. The Morgan fingerprint density at radius 1 is 0.432 bits per heavy atom. The molecule has 6 aliphatic rings. The van der Waals surface area contributed by atoms with Crippen LogP contribution in [0.3, 0.4) is 0 Å². The summed E-state index contributed by atoms with van der Waals surface area (Å²) in [7, 11) is 1.83. The second-order valence-electron chi connectivity index (χ2n) is 32.2. The number of thiophene rings is 1. The maximum absolute atomic E-state index is 12.5. The number of carbonyl (C=O) groups excluding carboxylic acids is 6. The molecular formula is C98H91ClN16O13S4. The van der Waals surface area contributed by atoms with E-state index in [0.29, 0.717) is 64.8 Å². The lowest BCUT2D eigenvalue weighted by Crippen LogP contribution is -2.31. The first-order chi connectivity index (χ1) is 64.3. The van der Waals surface area contributed by atoms with Gasteiger partial charge in [0, 0.05) is 162 Å². The number of thiazole rings is 3. The molecule has 0 bridgehead atoms. The number of fused-ring (bicyclic) bond motifs is 7. The van der Waals surface area contributed by atoms with Crippen LogP contribution in [0.5, 0.6) is 11.5 Å². The zero-order chi connectivity index (χ0) is 91.5. The molecule has 6 aromatic heterocycles. The van der Waals surface area contributed by atoms with Crippen molar-refractivity contribution in [3.63, 3.8) is 0 Å². The summed E-state index contributed by atoms with van der Waals surface area (Å²) in [5, 5.41) is 55.1. The molecule has 12 heterocycles. The molecule has 0 saturated heterocycles. The Labute approximate surface area is 779 Å². The van der Waals surface area contributed by atoms with Crippen molar-refractivity contribution in [1.82, 2.24) is 66.3 Å². The monoisotopic (exact) mass is 1860 g/mol. The fourth-order valence-electron chi connectivity index (χ4n) is 16.8. The van der Waals surface area contributed by atoms with Gasteiger partial charge in [-0.25, -0.2) is 47.3 Å². The van der Waals surface area contributed by atoms with Gasteiger partial charge in [0.15, 0.2) is 26.9 Å². The van der Waals surface area contributed by atoms with Crippen LogP contribution in [0.15, 0.2) is 235 Å². The number of amides is 6. The summed E-state index contributed by atoms with van der Waals surface area (Å²) >= 11 is 12.8. The Balaban J connectivity index is 0.000000116. The van der Waals surface area contributed by atoms with Crippen LogP contribution in [0.25, 0.3) is 43.2 Å². The number of nitrogens with zero attached hydrogens (tertiary/aromatic N) is 11. The van der Waals surface area contributed by atoms with E-state index >= 15 is 0 Å². The zero-order valence-electron chi connectivity index (χ0n) is 71.7. The van der Waals surface area contributed by atoms with Gasteiger partial charge in [-0.2, -0.15) is 0 Å². The number of hydroxylamine groups is 5. The highest BCUT2D eigenvalue weighted by atomic mass is 35.5. The summed E-state index contributed by atoms with van der Waals surface area (Å²) in [6.07, 6.45) is 9.09. The first-order valence-electron chi connectivity index (χ1n) is 42.6. The van der Waals surface area contributed by atoms with Gasteiger partial charge >= 0.3 is 0 Å². The SMILES string of the molecule is Cc1c(-c2csc(N3CCc4cc(C(=O)NO)ccc4C3)n2)sc2ccccc12.Cn1cccc1C(=O)N1Cc2ccc(C(=O)NO)cc2C1.O=C(NO)c1ccc2c(c1)CCN(Cc1nccn1Cc1ccccc1)C2.O=C(NO)c1ccc2c(c1)CCN(c1nc(-c3ccc4c(c3)OCCO4)cs1)C2.O=C(NO)c1ccc2c(c1)CCN(c1nc(-c3cccc(Cl)c3)cs1)C2. The Bertz CT molecular complexity index is 6790. The van der Waals surface area contributed by atoms with Gasteiger partial charge in [0.1, 0.15) is 24.7 Å². The lowest BCUT2D eigenvalue weighted by molar-refractivity contribution is 0.0702. The molecule has 0 atom stereocenters. The number of aromatic nitrogens is 6. The number of rotatable bonds is 16. The summed E-state index contributed by atoms with van der Waals surface area (Å²) in [5.41, 5.74) is 30.0. The average molecular weight is 1860 g/mol. The zero-order valence-corrected chi connectivity index (χ0v) is 75.7. The fraction of sp³-hybridized carbons (Fsp3) is 0.204. The number of halogens is 1. The second-order valence-corrected chi connectivity index (χ2v) is 36.2. The van der Waals surface area contributed by atoms with Crippen molar-refractivity contribution >= 4 is 118 Å². The minimum Gasteiger partial charge on any atom is -0.486 e. The van der Waals surface area contributed by atoms with E-state index in [-0.39, 0.29) is 5.91 Å². The molecule has 6 amide bonds. The van der Waals surface area contributed by atoms with Crippen molar-refractivity contribution in [3.8, 4) is 44.6 Å². The van der Waals surface area contributed by atoms with Gasteiger partial charge in [0.05, 0.1) is 28.5 Å². The Hall–Kier alpha value is -13.8. The number of ether oxygens (including phenoxy) is 2. The molecule has 29 nitrogen and oxygen atoms in total. The number of anilines is 3. The van der Waals surface area contributed by atoms with Crippen molar-refractivity contribution in [2.45, 2.75) is 85.0 Å². The number of benzene rings is 9. The Kier molecular flexibility index (Phi) is 28.1. The number of carbonyl (C=O) groups is 6. The number of hydrogen-bond donors (Lipinski definition) is 10. The van der Waals surface area contributed by atoms with Gasteiger partial charge in [-0.05, 0) is 214 Å². The van der Waals surface area contributed by atoms with Gasteiger partial charge in [-0.15, -0.1) is 45.3 Å². The van der Waals surface area contributed by atoms with Crippen LogP contribution in [0.2, 0.25) is 5.02 Å². The molecule has 0 radical (unpaired) electrons. The molecule has 132 heavy (non-hydrogen) atoms. The largest absolute Gasteiger partial charge is 0.486 e. The molecule has 672 valence electrons. The summed E-state index contributed by atoms with van der Waals surface area (Å²) in [6.45, 7) is 12.4. The smallest absolute Gasteiger partial charge is 0.274 e. The van der Waals surface area contributed by atoms with Gasteiger partial charge in [-0.1, -0.05) is 103 Å². The fourth-order valence-corrected chi connectivity index (χ4v) is 20.8. The van der Waals surface area contributed by atoms with E-state index in [2.05, 4.69) is 95.4 Å². The van der Waals surface area contributed by atoms with Crippen molar-refractivity contribution < 1.29 is 64.3 Å². The third-order valence-corrected chi connectivity index (χ3v) is 28.1. The van der Waals surface area contributed by atoms with E-state index in [1.165, 1.54) is 53.9 Å². The Morgan fingerprint density at radius 2 is 0.894 bits per heavy atom. The van der Waals surface area contributed by atoms with Crippen molar-refractivity contribution in [2.75, 3.05) is 54.1 Å². The highest BCUT2D eigenvalue weighted by Crippen LogP contribution is 2.42. The second kappa shape index (κ2) is 41.1. The normalized spacial score (nSPS) is 13.8. The standard InChI is InChI=1S/C22H19N3O2S2.C21H22N4O2.C21H19N3O4S.C19H16ClN3O2S.C15H15N3O3/c1-13-17-4-2-3-5-19(17)29-20(13)18-12-28-22(23-18)25-9-8-14-10-15(21(26)24-27)6-7-16(14)11-25;26-21(23-27)18-6-7-19-14-24(10-8-17(19)12-18)15-20-22-9-11-25(20)13-16-4-2-1-3-5-16;25-20(23-26)15-1-2-16-11-24(6-5-13(16)9-15)21-22-17(12-29-21)14-3-4-18-19(10-14)28-8-7-27-18;20-16-3-1-2-13(9-16)17-11-26-19(21-17)23-7-6-12-8-14(18(24)22-25)4-5-15(12)10-23;1-17-6-2-3-13(17)15(20)18-8-11-5-4-10(14(19)16-21)7-12(11)9-18/h2-7,10,12,27H,8-9,11H2,1H3,(H,24,26);1-7,9,11-12,27H,8,10,13-15H2,(H,23,26);1-4,9-10,12,26H,5-8,11H2,(H,23,25);1-5,8-9,11,25H,6-7,10H2,(H,22,24);2-7,21H,8-9H2,1H3,(H,16,19). The molecule has 0 unspecified atom stereocenters. The molecule has 0 saturated carbocycles. The van der Waals surface area contributed by atoms with Gasteiger partial charge in [0.2, 0.25) is 0 Å². The van der Waals surface area contributed by atoms with Crippen LogP contribution in [0, 0.1) is 6.92 Å². The van der Waals surface area contributed by atoms with E-state index in [0.717, 1.165) is 180 Å². The first-order valence-corrected chi connectivity index (χ1v) is 46.4. The molecule has 10 N–H and O–H groups in total. The van der Waals surface area contributed by atoms with E-state index in [4.69, 9.17) is 62.1 Å². The van der Waals surface area contributed by atoms with E-state index in [1.807, 2.05) is 140 Å². The third-order valence-electron chi connectivity index (χ3n) is 23.8.